The summed E-state index contributed by atoms with van der Waals surface area (Å²) < 4.78 is 5.46. The predicted octanol–water partition coefficient (Wildman–Crippen LogP) is 2.16. The van der Waals surface area contributed by atoms with Crippen LogP contribution in [0.2, 0.25) is 0 Å². The van der Waals surface area contributed by atoms with E-state index < -0.39 is 17.2 Å². The number of amides is 1. The van der Waals surface area contributed by atoms with Crippen LogP contribution >= 0.6 is 0 Å². The minimum Gasteiger partial charge on any atom is -0.465 e. The van der Waals surface area contributed by atoms with Gasteiger partial charge in [0.05, 0.1) is 12.2 Å². The summed E-state index contributed by atoms with van der Waals surface area (Å²) in [5.74, 6) is -0.0932. The lowest BCUT2D eigenvalue weighted by atomic mass is 9.78. The minimum absolute atomic E-state index is 0.0932. The molecular weight excluding hydrogens is 246 g/mol. The Kier molecular flexibility index (Phi) is 5.38. The van der Waals surface area contributed by atoms with Gasteiger partial charge in [-0.3, -0.25) is 0 Å². The molecule has 0 aromatic heterocycles. The second-order valence-electron chi connectivity index (χ2n) is 5.86. The molecular formula is C14H25NO4. The largest absolute Gasteiger partial charge is 0.465 e. The van der Waals surface area contributed by atoms with E-state index in [-0.39, 0.29) is 5.92 Å². The molecule has 1 atom stereocenters. The van der Waals surface area contributed by atoms with E-state index in [2.05, 4.69) is 5.32 Å². The van der Waals surface area contributed by atoms with E-state index in [1.165, 1.54) is 0 Å². The van der Waals surface area contributed by atoms with Crippen molar-refractivity contribution in [3.8, 4) is 0 Å². The van der Waals surface area contributed by atoms with E-state index >= 15 is 0 Å². The fourth-order valence-electron chi connectivity index (χ4n) is 2.61. The highest BCUT2D eigenvalue weighted by atomic mass is 16.5. The molecule has 1 aliphatic rings. The summed E-state index contributed by atoms with van der Waals surface area (Å²) in [4.78, 5) is 10.8. The Hall–Kier alpha value is -1.07. The molecule has 0 heterocycles. The molecule has 0 saturated heterocycles. The molecule has 19 heavy (non-hydrogen) atoms. The highest BCUT2D eigenvalue weighted by molar-refractivity contribution is 5.65. The van der Waals surface area contributed by atoms with Gasteiger partial charge in [0.2, 0.25) is 0 Å². The van der Waals surface area contributed by atoms with Gasteiger partial charge in [0, 0.05) is 18.1 Å². The van der Waals surface area contributed by atoms with Crippen molar-refractivity contribution in [1.82, 2.24) is 5.32 Å². The van der Waals surface area contributed by atoms with Crippen LogP contribution in [0.4, 0.5) is 4.79 Å². The number of aliphatic hydroxyl groups is 1. The summed E-state index contributed by atoms with van der Waals surface area (Å²) in [6, 6.07) is 0. The van der Waals surface area contributed by atoms with Gasteiger partial charge in [-0.05, 0) is 40.0 Å². The molecule has 0 unspecified atom stereocenters. The summed E-state index contributed by atoms with van der Waals surface area (Å²) in [5.41, 5.74) is -1.40. The molecule has 0 aromatic carbocycles. The lowest BCUT2D eigenvalue weighted by molar-refractivity contribution is -0.0556. The minimum atomic E-state index is -1.04. The number of hydrogen-bond acceptors (Lipinski definition) is 3. The molecule has 0 aromatic rings. The van der Waals surface area contributed by atoms with Crippen LogP contribution in [-0.2, 0) is 4.74 Å². The third kappa shape index (κ3) is 4.84. The van der Waals surface area contributed by atoms with Crippen molar-refractivity contribution in [2.75, 3.05) is 13.2 Å². The highest BCUT2D eigenvalue weighted by Gasteiger charge is 2.40. The number of hydrogen-bond donors (Lipinski definition) is 3. The van der Waals surface area contributed by atoms with E-state index in [4.69, 9.17) is 9.84 Å². The van der Waals surface area contributed by atoms with Crippen LogP contribution in [0, 0.1) is 5.92 Å². The molecule has 0 spiro atoms. The second kappa shape index (κ2) is 6.39. The molecule has 0 bridgehead atoms. The van der Waals surface area contributed by atoms with Gasteiger partial charge in [0.1, 0.15) is 0 Å². The zero-order chi connectivity index (χ0) is 14.5. The number of nitrogens with one attached hydrogen (secondary N) is 1. The summed E-state index contributed by atoms with van der Waals surface area (Å²) in [7, 11) is 0. The van der Waals surface area contributed by atoms with Crippen molar-refractivity contribution in [3.63, 3.8) is 0 Å². The Labute approximate surface area is 114 Å². The first-order valence-corrected chi connectivity index (χ1v) is 6.75. The molecule has 5 heteroatoms. The van der Waals surface area contributed by atoms with Crippen LogP contribution in [0.25, 0.3) is 0 Å². The first kappa shape index (κ1) is 16.0. The fraction of sp³-hybridized carbons (Fsp3) is 0.786. The maximum Gasteiger partial charge on any atom is 0.405 e. The van der Waals surface area contributed by atoms with Gasteiger partial charge in [-0.1, -0.05) is 12.2 Å². The molecule has 1 amide bonds. The van der Waals surface area contributed by atoms with Crippen molar-refractivity contribution in [2.24, 2.45) is 5.92 Å². The van der Waals surface area contributed by atoms with Gasteiger partial charge in [0.15, 0.2) is 0 Å². The zero-order valence-electron chi connectivity index (χ0n) is 12.0. The molecule has 0 fully saturated rings. The van der Waals surface area contributed by atoms with Gasteiger partial charge in [-0.15, -0.1) is 0 Å². The molecule has 3 N–H and O–H groups in total. The molecule has 0 aliphatic heterocycles. The van der Waals surface area contributed by atoms with Crippen molar-refractivity contribution in [1.29, 1.82) is 0 Å². The van der Waals surface area contributed by atoms with Crippen LogP contribution in [-0.4, -0.2) is 40.7 Å². The summed E-state index contributed by atoms with van der Waals surface area (Å²) in [6.45, 7) is 6.60. The number of rotatable bonds is 7. The van der Waals surface area contributed by atoms with Gasteiger partial charge in [-0.2, -0.15) is 0 Å². The standard InChI is InChI=1S/C14H25NO4/c1-4-19-10-11(14(18)7-5-6-8-14)9-13(2,3)15-12(16)17/h5-6,11,15,18H,4,7-10H2,1-3H3,(H,16,17)/t11-/m1/s1. The third-order valence-electron chi connectivity index (χ3n) is 3.59. The van der Waals surface area contributed by atoms with Crippen LogP contribution in [0.3, 0.4) is 0 Å². The smallest absolute Gasteiger partial charge is 0.405 e. The molecule has 0 radical (unpaired) electrons. The lowest BCUT2D eigenvalue weighted by Gasteiger charge is -2.38. The lowest BCUT2D eigenvalue weighted by Crippen LogP contribution is -2.49. The first-order valence-electron chi connectivity index (χ1n) is 6.75. The van der Waals surface area contributed by atoms with Crippen molar-refractivity contribution in [3.05, 3.63) is 12.2 Å². The molecule has 1 rings (SSSR count). The third-order valence-corrected chi connectivity index (χ3v) is 3.59. The quantitative estimate of drug-likeness (QED) is 0.620. The van der Waals surface area contributed by atoms with Gasteiger partial charge >= 0.3 is 6.09 Å². The Balaban J connectivity index is 2.71. The Morgan fingerprint density at radius 3 is 2.53 bits per heavy atom. The average Bonchev–Trinajstić information content (AvgIpc) is 2.70. The van der Waals surface area contributed by atoms with Crippen LogP contribution < -0.4 is 5.32 Å². The second-order valence-corrected chi connectivity index (χ2v) is 5.86. The van der Waals surface area contributed by atoms with E-state index in [1.54, 1.807) is 0 Å². The predicted molar refractivity (Wildman–Crippen MR) is 73.2 cm³/mol. The fourth-order valence-corrected chi connectivity index (χ4v) is 2.61. The molecule has 0 saturated carbocycles. The zero-order valence-corrected chi connectivity index (χ0v) is 12.0. The SMILES string of the molecule is CCOC[C@@H](CC(C)(C)NC(=O)O)C1(O)CC=CC1. The average molecular weight is 271 g/mol. The molecule has 110 valence electrons. The van der Waals surface area contributed by atoms with Crippen molar-refractivity contribution in [2.45, 2.75) is 51.2 Å². The Morgan fingerprint density at radius 1 is 1.47 bits per heavy atom. The summed E-state index contributed by atoms with van der Waals surface area (Å²) in [5, 5.41) is 22.0. The van der Waals surface area contributed by atoms with Gasteiger partial charge in [0.25, 0.3) is 0 Å². The van der Waals surface area contributed by atoms with E-state index in [0.717, 1.165) is 0 Å². The van der Waals surface area contributed by atoms with Crippen molar-refractivity contribution >= 4 is 6.09 Å². The highest BCUT2D eigenvalue weighted by Crippen LogP contribution is 2.36. The normalized spacial score (nSPS) is 19.4. The van der Waals surface area contributed by atoms with Gasteiger partial charge < -0.3 is 20.3 Å². The number of carbonyl (C=O) groups is 1. The summed E-state index contributed by atoms with van der Waals surface area (Å²) in [6.07, 6.45) is 4.64. The van der Waals surface area contributed by atoms with Gasteiger partial charge in [-0.25, -0.2) is 4.79 Å². The maximum atomic E-state index is 10.8. The van der Waals surface area contributed by atoms with E-state index in [9.17, 15) is 9.90 Å². The number of carboxylic acid groups (broad SMARTS) is 1. The van der Waals surface area contributed by atoms with E-state index in [1.807, 2.05) is 32.9 Å². The molecule has 5 nitrogen and oxygen atoms in total. The van der Waals surface area contributed by atoms with Crippen LogP contribution in [0.1, 0.15) is 40.0 Å². The van der Waals surface area contributed by atoms with Crippen LogP contribution in [0.5, 0.6) is 0 Å². The van der Waals surface area contributed by atoms with E-state index in [0.29, 0.717) is 32.5 Å². The van der Waals surface area contributed by atoms with Crippen molar-refractivity contribution < 1.29 is 19.7 Å². The number of ether oxygens (including phenoxy) is 1. The summed E-state index contributed by atoms with van der Waals surface area (Å²) >= 11 is 0. The first-order chi connectivity index (χ1) is 8.79. The Morgan fingerprint density at radius 2 is 2.05 bits per heavy atom. The molecule has 1 aliphatic carbocycles. The van der Waals surface area contributed by atoms with Crippen LogP contribution in [0.15, 0.2) is 12.2 Å². The maximum absolute atomic E-state index is 10.8. The topological polar surface area (TPSA) is 78.8 Å². The Bertz CT molecular complexity index is 330. The monoisotopic (exact) mass is 271 g/mol.